The molecule has 0 radical (unpaired) electrons. The number of ether oxygens (including phenoxy) is 2. The maximum Gasteiger partial charge on any atom is 0.350 e. The fourth-order valence-corrected chi connectivity index (χ4v) is 2.84. The van der Waals surface area contributed by atoms with E-state index in [2.05, 4.69) is 10.3 Å². The van der Waals surface area contributed by atoms with E-state index in [1.165, 1.54) is 0 Å². The van der Waals surface area contributed by atoms with E-state index in [9.17, 15) is 9.59 Å². The highest BCUT2D eigenvalue weighted by atomic mass is 32.1. The minimum atomic E-state index is -0.693. The van der Waals surface area contributed by atoms with Gasteiger partial charge in [-0.3, -0.25) is 10.1 Å². The van der Waals surface area contributed by atoms with Crippen LogP contribution in [0.4, 0.5) is 5.13 Å². The highest BCUT2D eigenvalue weighted by Crippen LogP contribution is 2.24. The lowest BCUT2D eigenvalue weighted by molar-refractivity contribution is -0.122. The van der Waals surface area contributed by atoms with Crippen molar-refractivity contribution in [3.8, 4) is 5.75 Å². The van der Waals surface area contributed by atoms with Gasteiger partial charge in [-0.15, -0.1) is 0 Å². The average Bonchev–Trinajstić information content (AvgIpc) is 2.90. The van der Waals surface area contributed by atoms with E-state index < -0.39 is 12.1 Å². The van der Waals surface area contributed by atoms with E-state index in [4.69, 9.17) is 9.47 Å². The first-order valence-electron chi connectivity index (χ1n) is 7.60. The van der Waals surface area contributed by atoms with E-state index in [-0.39, 0.29) is 5.91 Å². The van der Waals surface area contributed by atoms with E-state index in [1.54, 1.807) is 20.8 Å². The van der Waals surface area contributed by atoms with Crippen molar-refractivity contribution >= 4 is 28.3 Å². The van der Waals surface area contributed by atoms with Crippen molar-refractivity contribution in [2.24, 2.45) is 0 Å². The SMILES string of the molecule is CCOC(=O)c1sc(NC(=O)C(C)Oc2ccccc2C)nc1C. The normalized spacial score (nSPS) is 11.7. The fourth-order valence-electron chi connectivity index (χ4n) is 1.98. The Hall–Kier alpha value is -2.41. The number of aromatic nitrogens is 1. The standard InChI is InChI=1S/C17H20N2O4S/c1-5-22-16(21)14-11(3)18-17(24-14)19-15(20)12(4)23-13-9-7-6-8-10(13)2/h6-9,12H,5H2,1-4H3,(H,18,19,20). The van der Waals surface area contributed by atoms with Gasteiger partial charge in [0, 0.05) is 0 Å². The molecular formula is C17H20N2O4S. The highest BCUT2D eigenvalue weighted by molar-refractivity contribution is 7.17. The number of esters is 1. The highest BCUT2D eigenvalue weighted by Gasteiger charge is 2.20. The molecule has 1 heterocycles. The van der Waals surface area contributed by atoms with Crippen molar-refractivity contribution in [1.29, 1.82) is 0 Å². The van der Waals surface area contributed by atoms with Gasteiger partial charge in [0.25, 0.3) is 5.91 Å². The molecule has 2 rings (SSSR count). The molecule has 6 nitrogen and oxygen atoms in total. The first kappa shape index (κ1) is 17.9. The van der Waals surface area contributed by atoms with Crippen molar-refractivity contribution in [2.75, 3.05) is 11.9 Å². The number of rotatable bonds is 6. The molecule has 0 bridgehead atoms. The molecule has 0 aliphatic heterocycles. The Kier molecular flexibility index (Phi) is 5.92. The number of benzene rings is 1. The summed E-state index contributed by atoms with van der Waals surface area (Å²) in [6.45, 7) is 7.30. The molecule has 0 aliphatic rings. The molecule has 7 heteroatoms. The van der Waals surface area contributed by atoms with Gasteiger partial charge in [-0.25, -0.2) is 9.78 Å². The molecule has 0 fully saturated rings. The third-order valence-corrected chi connectivity index (χ3v) is 4.31. The second-order valence-electron chi connectivity index (χ2n) is 5.17. The van der Waals surface area contributed by atoms with Gasteiger partial charge < -0.3 is 9.47 Å². The molecule has 2 aromatic rings. The Labute approximate surface area is 144 Å². The summed E-state index contributed by atoms with van der Waals surface area (Å²) in [6.07, 6.45) is -0.693. The number of anilines is 1. The van der Waals surface area contributed by atoms with E-state index in [1.807, 2.05) is 31.2 Å². The molecule has 1 aromatic carbocycles. The zero-order chi connectivity index (χ0) is 17.7. The predicted octanol–water partition coefficient (Wildman–Crippen LogP) is 3.34. The van der Waals surface area contributed by atoms with Crippen LogP contribution in [0.5, 0.6) is 5.75 Å². The van der Waals surface area contributed by atoms with Crippen LogP contribution in [0.1, 0.15) is 34.8 Å². The van der Waals surface area contributed by atoms with E-state index in [0.29, 0.717) is 28.1 Å². The lowest BCUT2D eigenvalue weighted by Crippen LogP contribution is -2.30. The summed E-state index contributed by atoms with van der Waals surface area (Å²) in [7, 11) is 0. The molecule has 1 atom stereocenters. The molecule has 1 aromatic heterocycles. The van der Waals surface area contributed by atoms with Crippen LogP contribution in [0.25, 0.3) is 0 Å². The lowest BCUT2D eigenvalue weighted by Gasteiger charge is -2.15. The Morgan fingerprint density at radius 3 is 2.67 bits per heavy atom. The van der Waals surface area contributed by atoms with Gasteiger partial charge in [0.15, 0.2) is 11.2 Å². The summed E-state index contributed by atoms with van der Waals surface area (Å²) >= 11 is 1.09. The zero-order valence-electron chi connectivity index (χ0n) is 14.1. The summed E-state index contributed by atoms with van der Waals surface area (Å²) in [4.78, 5) is 28.6. The molecule has 0 spiro atoms. The number of carbonyl (C=O) groups excluding carboxylic acids is 2. The first-order chi connectivity index (χ1) is 11.4. The van der Waals surface area contributed by atoms with E-state index in [0.717, 1.165) is 16.9 Å². The molecule has 0 saturated carbocycles. The van der Waals surface area contributed by atoms with Gasteiger partial charge in [0.05, 0.1) is 12.3 Å². The van der Waals surface area contributed by atoms with Crippen LogP contribution in [-0.4, -0.2) is 29.6 Å². The Morgan fingerprint density at radius 1 is 1.29 bits per heavy atom. The summed E-state index contributed by atoms with van der Waals surface area (Å²) < 4.78 is 10.6. The van der Waals surface area contributed by atoms with Gasteiger partial charge in [-0.2, -0.15) is 0 Å². The summed E-state index contributed by atoms with van der Waals surface area (Å²) in [5, 5.41) is 3.02. The van der Waals surface area contributed by atoms with Gasteiger partial charge in [0.2, 0.25) is 0 Å². The molecule has 24 heavy (non-hydrogen) atoms. The topological polar surface area (TPSA) is 77.5 Å². The monoisotopic (exact) mass is 348 g/mol. The molecule has 1 N–H and O–H groups in total. The zero-order valence-corrected chi connectivity index (χ0v) is 14.9. The van der Waals surface area contributed by atoms with Crippen molar-refractivity contribution in [2.45, 2.75) is 33.8 Å². The summed E-state index contributed by atoms with van der Waals surface area (Å²) in [5.74, 6) is -0.109. The quantitative estimate of drug-likeness (QED) is 0.810. The summed E-state index contributed by atoms with van der Waals surface area (Å²) in [6, 6.07) is 7.48. The third-order valence-electron chi connectivity index (χ3n) is 3.25. The number of para-hydroxylation sites is 1. The smallest absolute Gasteiger partial charge is 0.350 e. The molecule has 1 unspecified atom stereocenters. The van der Waals surface area contributed by atoms with Gasteiger partial charge in [-0.05, 0) is 39.3 Å². The van der Waals surface area contributed by atoms with Crippen LogP contribution >= 0.6 is 11.3 Å². The first-order valence-corrected chi connectivity index (χ1v) is 8.41. The molecule has 128 valence electrons. The maximum atomic E-state index is 12.3. The number of hydrogen-bond donors (Lipinski definition) is 1. The number of nitrogens with zero attached hydrogens (tertiary/aromatic N) is 1. The van der Waals surface area contributed by atoms with Crippen LogP contribution in [0, 0.1) is 13.8 Å². The second-order valence-corrected chi connectivity index (χ2v) is 6.17. The lowest BCUT2D eigenvalue weighted by atomic mass is 10.2. The number of hydrogen-bond acceptors (Lipinski definition) is 6. The third kappa shape index (κ3) is 4.32. The van der Waals surface area contributed by atoms with Gasteiger partial charge >= 0.3 is 5.97 Å². The predicted molar refractivity (Wildman–Crippen MR) is 92.7 cm³/mol. The van der Waals surface area contributed by atoms with Crippen LogP contribution in [0.3, 0.4) is 0 Å². The van der Waals surface area contributed by atoms with Crippen LogP contribution in [0.15, 0.2) is 24.3 Å². The van der Waals surface area contributed by atoms with Crippen molar-refractivity contribution in [3.63, 3.8) is 0 Å². The molecular weight excluding hydrogens is 328 g/mol. The number of amides is 1. The minimum absolute atomic E-state index is 0.291. The van der Waals surface area contributed by atoms with Gasteiger partial charge in [0.1, 0.15) is 10.6 Å². The average molecular weight is 348 g/mol. The fraction of sp³-hybridized carbons (Fsp3) is 0.353. The van der Waals surface area contributed by atoms with Crippen molar-refractivity contribution < 1.29 is 19.1 Å². The minimum Gasteiger partial charge on any atom is -0.481 e. The molecule has 1 amide bonds. The second kappa shape index (κ2) is 7.92. The number of carbonyl (C=O) groups is 2. The Bertz CT molecular complexity index is 742. The number of aryl methyl sites for hydroxylation is 2. The summed E-state index contributed by atoms with van der Waals surface area (Å²) in [5.41, 5.74) is 1.48. The van der Waals surface area contributed by atoms with Crippen LogP contribution in [-0.2, 0) is 9.53 Å². The Balaban J connectivity index is 2.03. The van der Waals surface area contributed by atoms with Crippen molar-refractivity contribution in [1.82, 2.24) is 4.98 Å². The maximum absolute atomic E-state index is 12.3. The van der Waals surface area contributed by atoms with Crippen molar-refractivity contribution in [3.05, 3.63) is 40.4 Å². The molecule has 0 saturated heterocycles. The van der Waals surface area contributed by atoms with E-state index >= 15 is 0 Å². The molecule has 0 aliphatic carbocycles. The number of nitrogens with one attached hydrogen (secondary N) is 1. The van der Waals surface area contributed by atoms with Crippen LogP contribution in [0.2, 0.25) is 0 Å². The van der Waals surface area contributed by atoms with Gasteiger partial charge in [-0.1, -0.05) is 29.5 Å². The van der Waals surface area contributed by atoms with Crippen LogP contribution < -0.4 is 10.1 Å². The largest absolute Gasteiger partial charge is 0.481 e. The number of thiazole rings is 1. The Morgan fingerprint density at radius 2 is 2.00 bits per heavy atom.